The molecule has 18 heavy (non-hydrogen) atoms. The fraction of sp³-hybridized carbons (Fsp3) is 0.462. The zero-order chi connectivity index (χ0) is 12.7. The van der Waals surface area contributed by atoms with E-state index in [4.69, 9.17) is 11.5 Å². The number of nitrogens with two attached hydrogens (primary N) is 2. The Morgan fingerprint density at radius 1 is 1.28 bits per heavy atom. The predicted octanol–water partition coefficient (Wildman–Crippen LogP) is 2.02. The molecule has 102 valence electrons. The summed E-state index contributed by atoms with van der Waals surface area (Å²) in [6.45, 7) is 0.702. The van der Waals surface area contributed by atoms with Crippen LogP contribution < -0.4 is 11.5 Å². The number of ether oxygens (including phenoxy) is 1. The molecular weight excluding hydrogens is 252 g/mol. The Kier molecular flexibility index (Phi) is 8.37. The fourth-order valence-electron chi connectivity index (χ4n) is 1.66. The van der Waals surface area contributed by atoms with Crippen LogP contribution in [0.1, 0.15) is 41.2 Å². The van der Waals surface area contributed by atoms with Gasteiger partial charge < -0.3 is 16.2 Å². The largest absolute Gasteiger partial charge is 0.465 e. The lowest BCUT2D eigenvalue weighted by molar-refractivity contribution is 0.0600. The second-order valence-electron chi connectivity index (χ2n) is 4.00. The van der Waals surface area contributed by atoms with E-state index in [1.54, 1.807) is 12.1 Å². The van der Waals surface area contributed by atoms with Gasteiger partial charge in [0.05, 0.1) is 12.7 Å². The lowest BCUT2D eigenvalue weighted by atomic mass is 10.0. The number of halogens is 1. The smallest absolute Gasteiger partial charge is 0.337 e. The van der Waals surface area contributed by atoms with Crippen LogP contribution in [0.5, 0.6) is 0 Å². The molecule has 0 saturated carbocycles. The van der Waals surface area contributed by atoms with Gasteiger partial charge >= 0.3 is 5.97 Å². The molecule has 0 spiro atoms. The van der Waals surface area contributed by atoms with E-state index in [0.717, 1.165) is 24.8 Å². The van der Waals surface area contributed by atoms with Crippen LogP contribution in [-0.4, -0.2) is 19.6 Å². The van der Waals surface area contributed by atoms with Crippen molar-refractivity contribution in [1.82, 2.24) is 0 Å². The summed E-state index contributed by atoms with van der Waals surface area (Å²) in [4.78, 5) is 11.2. The molecule has 1 atom stereocenters. The van der Waals surface area contributed by atoms with E-state index in [-0.39, 0.29) is 24.4 Å². The van der Waals surface area contributed by atoms with Gasteiger partial charge in [0.25, 0.3) is 0 Å². The minimum atomic E-state index is -0.326. The molecule has 1 aromatic carbocycles. The van der Waals surface area contributed by atoms with E-state index in [1.165, 1.54) is 7.11 Å². The van der Waals surface area contributed by atoms with E-state index in [2.05, 4.69) is 4.74 Å². The average Bonchev–Trinajstić information content (AvgIpc) is 2.38. The number of hydrogen-bond acceptors (Lipinski definition) is 4. The van der Waals surface area contributed by atoms with Crippen LogP contribution in [0, 0.1) is 0 Å². The normalized spacial score (nSPS) is 11.5. The number of methoxy groups -OCH3 is 1. The number of carbonyl (C=O) groups excluding carboxylic acids is 1. The number of carbonyl (C=O) groups is 1. The summed E-state index contributed by atoms with van der Waals surface area (Å²) in [6, 6.07) is 7.24. The summed E-state index contributed by atoms with van der Waals surface area (Å²) in [6.07, 6.45) is 2.93. The van der Waals surface area contributed by atoms with Crippen molar-refractivity contribution < 1.29 is 9.53 Å². The summed E-state index contributed by atoms with van der Waals surface area (Å²) in [5.41, 5.74) is 13.1. The maximum absolute atomic E-state index is 11.2. The number of rotatable bonds is 6. The Labute approximate surface area is 114 Å². The number of esters is 1. The van der Waals surface area contributed by atoms with Gasteiger partial charge in [-0.05, 0) is 37.1 Å². The van der Waals surface area contributed by atoms with Gasteiger partial charge in [0.2, 0.25) is 0 Å². The molecule has 4 N–H and O–H groups in total. The van der Waals surface area contributed by atoms with Crippen molar-refractivity contribution in [3.05, 3.63) is 35.4 Å². The van der Waals surface area contributed by atoms with Gasteiger partial charge in [-0.25, -0.2) is 4.79 Å². The van der Waals surface area contributed by atoms with Gasteiger partial charge in [0, 0.05) is 6.04 Å². The summed E-state index contributed by atoms with van der Waals surface area (Å²) in [5, 5.41) is 0. The lowest BCUT2D eigenvalue weighted by Crippen LogP contribution is -2.11. The first-order valence-electron chi connectivity index (χ1n) is 5.83. The van der Waals surface area contributed by atoms with Crippen LogP contribution in [0.25, 0.3) is 0 Å². The third kappa shape index (κ3) is 5.04. The molecule has 0 aliphatic rings. The molecule has 0 heterocycles. The van der Waals surface area contributed by atoms with Gasteiger partial charge in [-0.1, -0.05) is 18.6 Å². The Hall–Kier alpha value is -1.10. The van der Waals surface area contributed by atoms with Crippen molar-refractivity contribution in [2.75, 3.05) is 13.7 Å². The van der Waals surface area contributed by atoms with Crippen LogP contribution in [0.4, 0.5) is 0 Å². The van der Waals surface area contributed by atoms with Crippen LogP contribution in [-0.2, 0) is 4.74 Å². The molecule has 0 aliphatic heterocycles. The van der Waals surface area contributed by atoms with Crippen molar-refractivity contribution in [2.24, 2.45) is 11.5 Å². The zero-order valence-corrected chi connectivity index (χ0v) is 11.4. The van der Waals surface area contributed by atoms with Crippen LogP contribution in [0.3, 0.4) is 0 Å². The van der Waals surface area contributed by atoms with E-state index < -0.39 is 0 Å². The molecule has 1 aromatic rings. The molecule has 0 radical (unpaired) electrons. The van der Waals surface area contributed by atoms with Crippen molar-refractivity contribution >= 4 is 18.4 Å². The van der Waals surface area contributed by atoms with Gasteiger partial charge in [-0.3, -0.25) is 0 Å². The summed E-state index contributed by atoms with van der Waals surface area (Å²) < 4.78 is 4.63. The van der Waals surface area contributed by atoms with Crippen molar-refractivity contribution in [2.45, 2.75) is 25.3 Å². The van der Waals surface area contributed by atoms with Crippen molar-refractivity contribution in [1.29, 1.82) is 0 Å². The van der Waals surface area contributed by atoms with Gasteiger partial charge in [0.1, 0.15) is 0 Å². The fourth-order valence-corrected chi connectivity index (χ4v) is 1.66. The van der Waals surface area contributed by atoms with Crippen molar-refractivity contribution in [3.8, 4) is 0 Å². The standard InChI is InChI=1S/C13H20N2O2.ClH/c1-17-13(16)11-7-5-10(6-8-11)12(15)4-2-3-9-14;/h5-8,12H,2-4,9,14-15H2,1H3;1H/t12-;/m1./s1. The number of benzene rings is 1. The van der Waals surface area contributed by atoms with E-state index in [1.807, 2.05) is 12.1 Å². The van der Waals surface area contributed by atoms with E-state index in [0.29, 0.717) is 12.1 Å². The zero-order valence-electron chi connectivity index (χ0n) is 10.6. The Bertz CT molecular complexity index is 355. The highest BCUT2D eigenvalue weighted by Gasteiger charge is 2.08. The molecule has 4 nitrogen and oxygen atoms in total. The molecule has 0 bridgehead atoms. The van der Waals surface area contributed by atoms with Gasteiger partial charge in [-0.15, -0.1) is 12.4 Å². The highest BCUT2D eigenvalue weighted by Crippen LogP contribution is 2.17. The predicted molar refractivity (Wildman–Crippen MR) is 74.9 cm³/mol. The first-order valence-corrected chi connectivity index (χ1v) is 5.83. The monoisotopic (exact) mass is 272 g/mol. The summed E-state index contributed by atoms with van der Waals surface area (Å²) >= 11 is 0. The minimum Gasteiger partial charge on any atom is -0.465 e. The molecule has 0 saturated heterocycles. The van der Waals surface area contributed by atoms with Gasteiger partial charge in [0.15, 0.2) is 0 Å². The lowest BCUT2D eigenvalue weighted by Gasteiger charge is -2.11. The van der Waals surface area contributed by atoms with E-state index in [9.17, 15) is 4.79 Å². The second-order valence-corrected chi connectivity index (χ2v) is 4.00. The first-order chi connectivity index (χ1) is 8.19. The van der Waals surface area contributed by atoms with Crippen LogP contribution >= 0.6 is 12.4 Å². The topological polar surface area (TPSA) is 78.3 Å². The first kappa shape index (κ1) is 16.9. The molecule has 0 aliphatic carbocycles. The SMILES string of the molecule is COC(=O)c1ccc([C@H](N)CCCCN)cc1.Cl. The maximum atomic E-state index is 11.2. The molecule has 0 unspecified atom stereocenters. The Morgan fingerprint density at radius 3 is 2.39 bits per heavy atom. The highest BCUT2D eigenvalue weighted by atomic mass is 35.5. The summed E-state index contributed by atoms with van der Waals surface area (Å²) in [5.74, 6) is -0.326. The molecule has 0 fully saturated rings. The molecule has 5 heteroatoms. The van der Waals surface area contributed by atoms with Crippen molar-refractivity contribution in [3.63, 3.8) is 0 Å². The van der Waals surface area contributed by atoms with E-state index >= 15 is 0 Å². The molecule has 0 amide bonds. The summed E-state index contributed by atoms with van der Waals surface area (Å²) in [7, 11) is 1.37. The number of hydrogen-bond donors (Lipinski definition) is 2. The molecular formula is C13H21ClN2O2. The average molecular weight is 273 g/mol. The minimum absolute atomic E-state index is 0. The Balaban J connectivity index is 0.00000289. The van der Waals surface area contributed by atoms with Crippen LogP contribution in [0.15, 0.2) is 24.3 Å². The number of unbranched alkanes of at least 4 members (excludes halogenated alkanes) is 1. The molecule has 0 aromatic heterocycles. The highest BCUT2D eigenvalue weighted by molar-refractivity contribution is 5.89. The Morgan fingerprint density at radius 2 is 1.89 bits per heavy atom. The van der Waals surface area contributed by atoms with Gasteiger partial charge in [-0.2, -0.15) is 0 Å². The molecule has 1 rings (SSSR count). The maximum Gasteiger partial charge on any atom is 0.337 e. The van der Waals surface area contributed by atoms with Crippen LogP contribution in [0.2, 0.25) is 0 Å². The quantitative estimate of drug-likeness (QED) is 0.613. The third-order valence-electron chi connectivity index (χ3n) is 2.73. The third-order valence-corrected chi connectivity index (χ3v) is 2.73. The second kappa shape index (κ2) is 8.91.